The molecule has 1 saturated heterocycles. The fourth-order valence-corrected chi connectivity index (χ4v) is 8.85. The molecule has 0 amide bonds. The summed E-state index contributed by atoms with van der Waals surface area (Å²) in [6, 6.07) is 3.63. The van der Waals surface area contributed by atoms with Crippen molar-refractivity contribution in [3.05, 3.63) is 34.2 Å². The van der Waals surface area contributed by atoms with Crippen molar-refractivity contribution in [3.8, 4) is 0 Å². The van der Waals surface area contributed by atoms with Gasteiger partial charge in [0.15, 0.2) is 22.3 Å². The number of aliphatic hydroxyl groups is 1. The molecule has 0 bridgehead atoms. The van der Waals surface area contributed by atoms with Gasteiger partial charge in [0, 0.05) is 6.42 Å². The molecule has 4 fully saturated rings. The molecule has 8 atom stereocenters. The minimum Gasteiger partial charge on any atom is -0.451 e. The summed E-state index contributed by atoms with van der Waals surface area (Å²) in [6.45, 7) is 1.69. The highest BCUT2D eigenvalue weighted by atomic mass is 79.9. The summed E-state index contributed by atoms with van der Waals surface area (Å²) in [6.07, 6.45) is 7.15. The van der Waals surface area contributed by atoms with Crippen LogP contribution in [0, 0.1) is 34.5 Å². The van der Waals surface area contributed by atoms with Gasteiger partial charge >= 0.3 is 0 Å². The third kappa shape index (κ3) is 2.62. The second-order valence-electron chi connectivity index (χ2n) is 10.6. The maximum absolute atomic E-state index is 13.6. The lowest BCUT2D eigenvalue weighted by atomic mass is 9.47. The van der Waals surface area contributed by atoms with Gasteiger partial charge in [-0.1, -0.05) is 12.5 Å². The maximum atomic E-state index is 13.6. The molecule has 172 valence electrons. The predicted molar refractivity (Wildman–Crippen MR) is 117 cm³/mol. The number of furan rings is 1. The molecule has 32 heavy (non-hydrogen) atoms. The van der Waals surface area contributed by atoms with Crippen molar-refractivity contribution >= 4 is 27.5 Å². The molecule has 0 spiro atoms. The molecule has 2 heterocycles. The van der Waals surface area contributed by atoms with Crippen LogP contribution in [-0.2, 0) is 19.4 Å². The van der Waals surface area contributed by atoms with Crippen LogP contribution >= 0.6 is 15.9 Å². The molecule has 1 aromatic heterocycles. The number of fused-ring (bicyclic) bond motifs is 7. The standard InChI is InChI=1S/C25H29BrO6/c1-24-9-8-16-15-5-3-14(28)10-13(15)2-4-17(16)18(24)11-21-25(24,20(29)12-27)23(32-31-21)19-6-7-22(26)30-19/h6-7,10,15-18,21,23,27H,2-5,8-9,11-12H2,1H3/t15-,16+,17+,18-,21+,23-,24-,25-/m0/s1. The Hall–Kier alpha value is -1.28. The van der Waals surface area contributed by atoms with Crippen molar-refractivity contribution in [2.75, 3.05) is 6.61 Å². The average Bonchev–Trinajstić information content (AvgIpc) is 3.44. The number of rotatable bonds is 3. The van der Waals surface area contributed by atoms with Crippen LogP contribution in [0.5, 0.6) is 0 Å². The highest BCUT2D eigenvalue weighted by Crippen LogP contribution is 2.74. The Bertz CT molecular complexity index is 998. The topological polar surface area (TPSA) is 86.0 Å². The minimum absolute atomic E-state index is 0.208. The molecule has 7 heteroatoms. The number of allylic oxidation sites excluding steroid dienone is 1. The van der Waals surface area contributed by atoms with E-state index in [-0.39, 0.29) is 17.0 Å². The van der Waals surface area contributed by atoms with E-state index in [1.807, 2.05) is 12.1 Å². The number of hydrogen-bond donors (Lipinski definition) is 1. The van der Waals surface area contributed by atoms with E-state index in [9.17, 15) is 14.7 Å². The van der Waals surface area contributed by atoms with Crippen LogP contribution in [0.4, 0.5) is 0 Å². The number of aliphatic hydroxyl groups excluding tert-OH is 1. The number of halogens is 1. The van der Waals surface area contributed by atoms with E-state index < -0.39 is 24.2 Å². The van der Waals surface area contributed by atoms with Crippen molar-refractivity contribution in [2.45, 2.75) is 64.1 Å². The summed E-state index contributed by atoms with van der Waals surface area (Å²) in [5.74, 6) is 2.48. The van der Waals surface area contributed by atoms with Crippen molar-refractivity contribution in [1.29, 1.82) is 0 Å². The predicted octanol–water partition coefficient (Wildman–Crippen LogP) is 4.71. The molecule has 0 aromatic carbocycles. The van der Waals surface area contributed by atoms with E-state index >= 15 is 0 Å². The quantitative estimate of drug-likeness (QED) is 0.599. The Morgan fingerprint density at radius 1 is 1.19 bits per heavy atom. The first-order valence-corrected chi connectivity index (χ1v) is 12.6. The zero-order valence-electron chi connectivity index (χ0n) is 18.2. The summed E-state index contributed by atoms with van der Waals surface area (Å²) in [5.41, 5.74) is 0.0290. The minimum atomic E-state index is -0.965. The molecular formula is C25H29BrO6. The number of carbonyl (C=O) groups is 2. The lowest BCUT2D eigenvalue weighted by molar-refractivity contribution is -0.305. The van der Waals surface area contributed by atoms with Gasteiger partial charge in [0.1, 0.15) is 23.9 Å². The van der Waals surface area contributed by atoms with Gasteiger partial charge in [0.25, 0.3) is 0 Å². The van der Waals surface area contributed by atoms with E-state index in [0.29, 0.717) is 40.5 Å². The lowest BCUT2D eigenvalue weighted by Gasteiger charge is -2.56. The molecule has 1 aliphatic heterocycles. The van der Waals surface area contributed by atoms with Gasteiger partial charge in [0.2, 0.25) is 0 Å². The van der Waals surface area contributed by atoms with E-state index in [0.717, 1.165) is 38.5 Å². The largest absolute Gasteiger partial charge is 0.451 e. The monoisotopic (exact) mass is 504 g/mol. The van der Waals surface area contributed by atoms with Crippen LogP contribution < -0.4 is 0 Å². The number of hydrogen-bond acceptors (Lipinski definition) is 6. The molecule has 1 aromatic rings. The Balaban J connectivity index is 1.41. The van der Waals surface area contributed by atoms with E-state index in [2.05, 4.69) is 22.9 Å². The van der Waals surface area contributed by atoms with Crippen LogP contribution in [0.3, 0.4) is 0 Å². The van der Waals surface area contributed by atoms with Crippen LogP contribution in [0.2, 0.25) is 0 Å². The van der Waals surface area contributed by atoms with Gasteiger partial charge < -0.3 is 9.52 Å². The van der Waals surface area contributed by atoms with E-state index in [1.165, 1.54) is 5.57 Å². The first kappa shape index (κ1) is 21.3. The van der Waals surface area contributed by atoms with Gasteiger partial charge in [-0.3, -0.25) is 9.59 Å². The molecule has 0 unspecified atom stereocenters. The lowest BCUT2D eigenvalue weighted by Crippen LogP contribution is -2.56. The van der Waals surface area contributed by atoms with Gasteiger partial charge in [0.05, 0.1) is 0 Å². The Morgan fingerprint density at radius 2 is 2.03 bits per heavy atom. The third-order valence-corrected chi connectivity index (χ3v) is 10.2. The van der Waals surface area contributed by atoms with Crippen LogP contribution in [0.15, 0.2) is 32.9 Å². The highest BCUT2D eigenvalue weighted by molar-refractivity contribution is 9.10. The molecule has 4 aliphatic carbocycles. The maximum Gasteiger partial charge on any atom is 0.170 e. The molecule has 0 radical (unpaired) electrons. The second-order valence-corrected chi connectivity index (χ2v) is 11.4. The number of carbonyl (C=O) groups excluding carboxylic acids is 2. The fourth-order valence-electron chi connectivity index (χ4n) is 8.53. The van der Waals surface area contributed by atoms with Crippen LogP contribution in [0.25, 0.3) is 0 Å². The Morgan fingerprint density at radius 3 is 2.78 bits per heavy atom. The molecule has 6 nitrogen and oxygen atoms in total. The summed E-state index contributed by atoms with van der Waals surface area (Å²) in [5, 5.41) is 10.1. The summed E-state index contributed by atoms with van der Waals surface area (Å²) < 4.78 is 6.42. The molecular weight excluding hydrogens is 476 g/mol. The van der Waals surface area contributed by atoms with Gasteiger partial charge in [-0.2, -0.15) is 0 Å². The summed E-state index contributed by atoms with van der Waals surface area (Å²) >= 11 is 3.36. The number of Topliss-reactive ketones (excluding diaryl/α,β-unsaturated/α-hetero) is 1. The fraction of sp³-hybridized carbons (Fsp3) is 0.680. The first-order valence-electron chi connectivity index (χ1n) is 11.8. The molecule has 6 rings (SSSR count). The smallest absolute Gasteiger partial charge is 0.170 e. The Kier molecular flexibility index (Phi) is 4.89. The van der Waals surface area contributed by atoms with Gasteiger partial charge in [-0.15, -0.1) is 0 Å². The van der Waals surface area contributed by atoms with E-state index in [4.69, 9.17) is 14.2 Å². The van der Waals surface area contributed by atoms with E-state index in [1.54, 1.807) is 6.07 Å². The van der Waals surface area contributed by atoms with Crippen molar-refractivity contribution in [1.82, 2.24) is 0 Å². The second kappa shape index (κ2) is 7.36. The third-order valence-electron chi connectivity index (χ3n) is 9.75. The molecule has 3 saturated carbocycles. The first-order chi connectivity index (χ1) is 15.4. The zero-order valence-corrected chi connectivity index (χ0v) is 19.8. The van der Waals surface area contributed by atoms with Gasteiger partial charge in [-0.05, 0) is 102 Å². The summed E-state index contributed by atoms with van der Waals surface area (Å²) in [7, 11) is 0. The van der Waals surface area contributed by atoms with Gasteiger partial charge in [-0.25, -0.2) is 9.78 Å². The van der Waals surface area contributed by atoms with Crippen LogP contribution in [-0.4, -0.2) is 29.4 Å². The average molecular weight is 505 g/mol. The van der Waals surface area contributed by atoms with Crippen molar-refractivity contribution in [3.63, 3.8) is 0 Å². The molecule has 5 aliphatic rings. The Labute approximate surface area is 195 Å². The zero-order chi connectivity index (χ0) is 22.3. The van der Waals surface area contributed by atoms with Crippen molar-refractivity contribution in [2.24, 2.45) is 34.5 Å². The SMILES string of the molecule is C[C@]12CC[C@H]3[C@@H](CCC4=CC(=O)CC[C@@H]43)[C@@H]1C[C@H]1OO[C@@H](c3ccc(Br)o3)[C@]12C(=O)CO. The molecule has 1 N–H and O–H groups in total. The normalized spacial score (nSPS) is 45.0. The van der Waals surface area contributed by atoms with Crippen molar-refractivity contribution < 1.29 is 28.9 Å². The van der Waals surface area contributed by atoms with Crippen LogP contribution in [0.1, 0.15) is 63.7 Å². The number of ketones is 2. The highest BCUT2D eigenvalue weighted by Gasteiger charge is 2.76. The summed E-state index contributed by atoms with van der Waals surface area (Å²) in [4.78, 5) is 37.2.